The highest BCUT2D eigenvalue weighted by Gasteiger charge is 2.39. The summed E-state index contributed by atoms with van der Waals surface area (Å²) in [5, 5.41) is 13.8. The molecule has 1 heterocycles. The van der Waals surface area contributed by atoms with E-state index in [1.807, 2.05) is 6.07 Å². The Hall–Kier alpha value is -2.22. The Kier molecular flexibility index (Phi) is 2.78. The third kappa shape index (κ3) is 1.86. The van der Waals surface area contributed by atoms with Crippen LogP contribution in [-0.4, -0.2) is 5.11 Å². The molecule has 0 radical (unpaired) electrons. The largest absolute Gasteiger partial charge is 0.506 e. The van der Waals surface area contributed by atoms with Crippen molar-refractivity contribution in [1.29, 1.82) is 0 Å². The number of hydrogen-bond donors (Lipinski definition) is 2. The Morgan fingerprint density at radius 3 is 2.71 bits per heavy atom. The molecule has 2 heteroatoms. The van der Waals surface area contributed by atoms with Crippen molar-refractivity contribution < 1.29 is 5.11 Å². The number of hydrogen-bond acceptors (Lipinski definition) is 2. The second kappa shape index (κ2) is 4.66. The summed E-state index contributed by atoms with van der Waals surface area (Å²) >= 11 is 0. The fourth-order valence-corrected chi connectivity index (χ4v) is 3.85. The summed E-state index contributed by atoms with van der Waals surface area (Å²) < 4.78 is 0. The first kappa shape index (κ1) is 12.5. The molecule has 0 saturated carbocycles. The van der Waals surface area contributed by atoms with E-state index < -0.39 is 0 Å². The second-order valence-electron chi connectivity index (χ2n) is 6.07. The van der Waals surface area contributed by atoms with Crippen LogP contribution in [0.1, 0.15) is 35.1 Å². The molecule has 0 amide bonds. The van der Waals surface area contributed by atoms with E-state index in [-0.39, 0.29) is 6.04 Å². The smallest absolute Gasteiger partial charge is 0.138 e. The van der Waals surface area contributed by atoms with Crippen molar-refractivity contribution in [2.75, 3.05) is 5.32 Å². The zero-order valence-electron chi connectivity index (χ0n) is 12.1. The predicted octanol–water partition coefficient (Wildman–Crippen LogP) is 4.53. The minimum atomic E-state index is 0.256. The number of aryl methyl sites for hydroxylation is 1. The van der Waals surface area contributed by atoms with E-state index in [0.717, 1.165) is 12.1 Å². The predicted molar refractivity (Wildman–Crippen MR) is 85.6 cm³/mol. The standard InChI is InChI=1S/C19H19NO/c1-12-6-2-3-7-13(12)18-15-9-4-8-14(15)16-10-5-11-17(21)19(16)20-18/h2-8,10-11,14-15,18,20-21H,9H2,1H3/t14-,15+,18+/m0/s1. The van der Waals surface area contributed by atoms with Gasteiger partial charge in [-0.2, -0.15) is 0 Å². The van der Waals surface area contributed by atoms with Crippen molar-refractivity contribution >= 4 is 5.69 Å². The van der Waals surface area contributed by atoms with Gasteiger partial charge in [0.25, 0.3) is 0 Å². The Bertz CT molecular complexity index is 719. The second-order valence-corrected chi connectivity index (χ2v) is 6.07. The Balaban J connectivity index is 1.85. The summed E-state index contributed by atoms with van der Waals surface area (Å²) in [5.41, 5.74) is 4.77. The van der Waals surface area contributed by atoms with Crippen LogP contribution in [0.15, 0.2) is 54.6 Å². The van der Waals surface area contributed by atoms with Crippen molar-refractivity contribution in [2.45, 2.75) is 25.3 Å². The molecule has 2 nitrogen and oxygen atoms in total. The van der Waals surface area contributed by atoms with Gasteiger partial charge in [0.1, 0.15) is 5.75 Å². The summed E-state index contributed by atoms with van der Waals surface area (Å²) in [6, 6.07) is 14.6. The molecular formula is C19H19NO. The number of allylic oxidation sites excluding steroid dienone is 2. The molecule has 2 N–H and O–H groups in total. The molecule has 2 aliphatic rings. The molecule has 1 aliphatic carbocycles. The number of fused-ring (bicyclic) bond motifs is 3. The quantitative estimate of drug-likeness (QED) is 0.593. The van der Waals surface area contributed by atoms with Gasteiger partial charge in [-0.25, -0.2) is 0 Å². The maximum Gasteiger partial charge on any atom is 0.138 e. The Labute approximate surface area is 125 Å². The van der Waals surface area contributed by atoms with Gasteiger partial charge in [0, 0.05) is 5.92 Å². The fraction of sp³-hybridized carbons (Fsp3) is 0.263. The van der Waals surface area contributed by atoms with Crippen molar-refractivity contribution in [3.8, 4) is 5.75 Å². The van der Waals surface area contributed by atoms with Gasteiger partial charge in [0.05, 0.1) is 11.7 Å². The third-order valence-corrected chi connectivity index (χ3v) is 4.90. The minimum Gasteiger partial charge on any atom is -0.506 e. The molecule has 0 fully saturated rings. The van der Waals surface area contributed by atoms with Gasteiger partial charge < -0.3 is 10.4 Å². The van der Waals surface area contributed by atoms with Crippen LogP contribution in [0, 0.1) is 12.8 Å². The third-order valence-electron chi connectivity index (χ3n) is 4.90. The van der Waals surface area contributed by atoms with E-state index in [1.54, 1.807) is 6.07 Å². The van der Waals surface area contributed by atoms with Crippen LogP contribution in [-0.2, 0) is 0 Å². The van der Waals surface area contributed by atoms with Gasteiger partial charge in [-0.05, 0) is 42.0 Å². The van der Waals surface area contributed by atoms with Gasteiger partial charge in [0.15, 0.2) is 0 Å². The first-order valence-electron chi connectivity index (χ1n) is 7.56. The highest BCUT2D eigenvalue weighted by atomic mass is 16.3. The molecule has 106 valence electrons. The van der Waals surface area contributed by atoms with Gasteiger partial charge in [-0.1, -0.05) is 48.6 Å². The summed E-state index contributed by atoms with van der Waals surface area (Å²) in [7, 11) is 0. The minimum absolute atomic E-state index is 0.256. The fourth-order valence-electron chi connectivity index (χ4n) is 3.85. The first-order chi connectivity index (χ1) is 10.3. The monoisotopic (exact) mass is 277 g/mol. The molecule has 21 heavy (non-hydrogen) atoms. The number of benzene rings is 2. The maximum atomic E-state index is 10.2. The number of aromatic hydroxyl groups is 1. The van der Waals surface area contributed by atoms with Crippen LogP contribution in [0.3, 0.4) is 0 Å². The van der Waals surface area contributed by atoms with Crippen LogP contribution >= 0.6 is 0 Å². The molecule has 2 aromatic rings. The molecule has 1 aliphatic heterocycles. The van der Waals surface area contributed by atoms with Crippen molar-refractivity contribution in [2.24, 2.45) is 5.92 Å². The molecule has 0 saturated heterocycles. The zero-order chi connectivity index (χ0) is 14.4. The van der Waals surface area contributed by atoms with E-state index in [1.165, 1.54) is 16.7 Å². The zero-order valence-corrected chi connectivity index (χ0v) is 12.1. The molecule has 2 aromatic carbocycles. The first-order valence-corrected chi connectivity index (χ1v) is 7.56. The van der Waals surface area contributed by atoms with E-state index >= 15 is 0 Å². The lowest BCUT2D eigenvalue weighted by Crippen LogP contribution is -2.29. The normalized spacial score (nSPS) is 26.0. The number of phenolic OH excluding ortho intramolecular Hbond substituents is 1. The van der Waals surface area contributed by atoms with Crippen molar-refractivity contribution in [3.05, 3.63) is 71.3 Å². The molecular weight excluding hydrogens is 258 g/mol. The van der Waals surface area contributed by atoms with Gasteiger partial charge in [-0.15, -0.1) is 0 Å². The van der Waals surface area contributed by atoms with E-state index in [2.05, 4.69) is 54.7 Å². The molecule has 4 rings (SSSR count). The lowest BCUT2D eigenvalue weighted by molar-refractivity contribution is 0.414. The topological polar surface area (TPSA) is 32.3 Å². The number of phenols is 1. The number of rotatable bonds is 1. The van der Waals surface area contributed by atoms with Gasteiger partial charge >= 0.3 is 0 Å². The molecule has 0 spiro atoms. The summed E-state index contributed by atoms with van der Waals surface area (Å²) in [6.45, 7) is 2.16. The Morgan fingerprint density at radius 1 is 1.05 bits per heavy atom. The summed E-state index contributed by atoms with van der Waals surface area (Å²) in [4.78, 5) is 0. The van der Waals surface area contributed by atoms with Crippen LogP contribution < -0.4 is 5.32 Å². The highest BCUT2D eigenvalue weighted by molar-refractivity contribution is 5.67. The van der Waals surface area contributed by atoms with Crippen LogP contribution in [0.4, 0.5) is 5.69 Å². The molecule has 3 atom stereocenters. The summed E-state index contributed by atoms with van der Waals surface area (Å²) in [5.74, 6) is 1.28. The molecule has 0 aromatic heterocycles. The van der Waals surface area contributed by atoms with Crippen LogP contribution in [0.25, 0.3) is 0 Å². The average molecular weight is 277 g/mol. The number of para-hydroxylation sites is 1. The van der Waals surface area contributed by atoms with Crippen LogP contribution in [0.2, 0.25) is 0 Å². The molecule has 0 bridgehead atoms. The van der Waals surface area contributed by atoms with E-state index in [9.17, 15) is 5.11 Å². The van der Waals surface area contributed by atoms with Gasteiger partial charge in [-0.3, -0.25) is 0 Å². The SMILES string of the molecule is Cc1ccccc1[C@H]1Nc2c(O)cccc2[C@H]2C=CC[C@H]21. The van der Waals surface area contributed by atoms with Crippen molar-refractivity contribution in [3.63, 3.8) is 0 Å². The number of nitrogens with one attached hydrogen (secondary N) is 1. The lowest BCUT2D eigenvalue weighted by atomic mass is 9.76. The summed E-state index contributed by atoms with van der Waals surface area (Å²) in [6.07, 6.45) is 5.67. The Morgan fingerprint density at radius 2 is 1.86 bits per heavy atom. The average Bonchev–Trinajstić information content (AvgIpc) is 2.97. The highest BCUT2D eigenvalue weighted by Crippen LogP contribution is 2.52. The van der Waals surface area contributed by atoms with Gasteiger partial charge in [0.2, 0.25) is 0 Å². The van der Waals surface area contributed by atoms with E-state index in [4.69, 9.17) is 0 Å². The lowest BCUT2D eigenvalue weighted by Gasteiger charge is -2.38. The number of anilines is 1. The van der Waals surface area contributed by atoms with Crippen LogP contribution in [0.5, 0.6) is 5.75 Å². The van der Waals surface area contributed by atoms with E-state index in [0.29, 0.717) is 17.6 Å². The van der Waals surface area contributed by atoms with Crippen molar-refractivity contribution in [1.82, 2.24) is 0 Å². The maximum absolute atomic E-state index is 10.2. The molecule has 0 unspecified atom stereocenters.